The summed E-state index contributed by atoms with van der Waals surface area (Å²) in [5.74, 6) is 1.00. The highest BCUT2D eigenvalue weighted by molar-refractivity contribution is 7.89. The van der Waals surface area contributed by atoms with Gasteiger partial charge in [-0.2, -0.15) is 25.4 Å². The lowest BCUT2D eigenvalue weighted by atomic mass is 9.94. The van der Waals surface area contributed by atoms with Crippen LogP contribution in [0.25, 0.3) is 0 Å². The highest BCUT2D eigenvalue weighted by Crippen LogP contribution is 2.24. The summed E-state index contributed by atoms with van der Waals surface area (Å²) < 4.78 is 55.6. The van der Waals surface area contributed by atoms with Gasteiger partial charge in [-0.15, -0.1) is 0 Å². The summed E-state index contributed by atoms with van der Waals surface area (Å²) in [6.45, 7) is 5.55. The van der Waals surface area contributed by atoms with Crippen molar-refractivity contribution in [3.63, 3.8) is 0 Å². The number of piperidine rings is 2. The molecule has 2 rings (SSSR count). The largest absolute Gasteiger partial charge is 0.344 e. The zero-order valence-corrected chi connectivity index (χ0v) is 18.5. The Labute approximate surface area is 169 Å². The van der Waals surface area contributed by atoms with Gasteiger partial charge in [-0.1, -0.05) is 39.5 Å². The fraction of sp³-hybridized carbons (Fsp3) is 0.941. The quantitative estimate of drug-likeness (QED) is 0.599. The topological polar surface area (TPSA) is 116 Å². The van der Waals surface area contributed by atoms with Crippen LogP contribution in [0.5, 0.6) is 0 Å². The molecule has 2 aliphatic rings. The minimum Gasteiger partial charge on any atom is -0.247 e. The monoisotopic (exact) mass is 438 g/mol. The average Bonchev–Trinajstić information content (AvgIpc) is 2.62. The summed E-state index contributed by atoms with van der Waals surface area (Å²) in [6, 6.07) is -1.23. The highest BCUT2D eigenvalue weighted by Gasteiger charge is 2.32. The number of urea groups is 1. The van der Waals surface area contributed by atoms with Gasteiger partial charge >= 0.3 is 26.4 Å². The van der Waals surface area contributed by atoms with Crippen molar-refractivity contribution in [3.8, 4) is 0 Å². The van der Waals surface area contributed by atoms with E-state index in [2.05, 4.69) is 13.8 Å². The van der Waals surface area contributed by atoms with E-state index in [0.29, 0.717) is 38.0 Å². The molecule has 9 nitrogen and oxygen atoms in total. The smallest absolute Gasteiger partial charge is 0.247 e. The number of nitrogens with one attached hydrogen (secondary N) is 2. The second-order valence-electron chi connectivity index (χ2n) is 7.81. The highest BCUT2D eigenvalue weighted by atomic mass is 32.2. The number of carbonyl (C=O) groups excluding carboxylic acids is 1. The van der Waals surface area contributed by atoms with Gasteiger partial charge < -0.3 is 0 Å². The number of hydrogen-bond donors (Lipinski definition) is 2. The van der Waals surface area contributed by atoms with Crippen molar-refractivity contribution < 1.29 is 21.6 Å². The second-order valence-corrected chi connectivity index (χ2v) is 11.1. The van der Waals surface area contributed by atoms with Gasteiger partial charge in [0.25, 0.3) is 0 Å². The Kier molecular flexibility index (Phi) is 8.53. The van der Waals surface area contributed by atoms with Crippen LogP contribution in [0.3, 0.4) is 0 Å². The van der Waals surface area contributed by atoms with Crippen molar-refractivity contribution in [3.05, 3.63) is 0 Å². The molecule has 2 N–H and O–H groups in total. The van der Waals surface area contributed by atoms with E-state index in [1.54, 1.807) is 0 Å². The third-order valence-electron chi connectivity index (χ3n) is 5.66. The molecule has 0 aromatic rings. The third kappa shape index (κ3) is 6.57. The Bertz CT molecular complexity index is 650. The predicted molar refractivity (Wildman–Crippen MR) is 108 cm³/mol. The van der Waals surface area contributed by atoms with Crippen molar-refractivity contribution in [2.75, 3.05) is 26.2 Å². The second kappa shape index (κ2) is 10.2. The van der Waals surface area contributed by atoms with E-state index in [1.165, 1.54) is 8.61 Å². The molecule has 2 saturated heterocycles. The van der Waals surface area contributed by atoms with Gasteiger partial charge in [-0.25, -0.2) is 14.2 Å². The Morgan fingerprint density at radius 2 is 1.07 bits per heavy atom. The number of hydrogen-bond acceptors (Lipinski definition) is 5. The lowest BCUT2D eigenvalue weighted by molar-refractivity contribution is 0.241. The Hall–Kier alpha value is -0.910. The van der Waals surface area contributed by atoms with E-state index < -0.39 is 26.4 Å². The van der Waals surface area contributed by atoms with E-state index in [-0.39, 0.29) is 0 Å². The number of carbonyl (C=O) groups is 1. The molecular weight excluding hydrogens is 404 g/mol. The summed E-state index contributed by atoms with van der Waals surface area (Å²) >= 11 is 0. The molecule has 0 unspecified atom stereocenters. The zero-order chi connectivity index (χ0) is 20.8. The first kappa shape index (κ1) is 23.4. The van der Waals surface area contributed by atoms with Crippen LogP contribution in [0.4, 0.5) is 4.79 Å². The molecule has 2 heterocycles. The van der Waals surface area contributed by atoms with Gasteiger partial charge in [-0.3, -0.25) is 0 Å². The van der Waals surface area contributed by atoms with Crippen LogP contribution in [0, 0.1) is 11.8 Å². The van der Waals surface area contributed by atoms with Gasteiger partial charge in [0.15, 0.2) is 0 Å². The lowest BCUT2D eigenvalue weighted by Crippen LogP contribution is -2.53. The molecule has 0 radical (unpaired) electrons. The molecular formula is C17H34N4O5S2. The molecule has 0 aromatic heterocycles. The van der Waals surface area contributed by atoms with Crippen molar-refractivity contribution in [1.29, 1.82) is 0 Å². The van der Waals surface area contributed by atoms with Gasteiger partial charge in [-0.05, 0) is 37.5 Å². The molecule has 2 fully saturated rings. The van der Waals surface area contributed by atoms with Crippen LogP contribution < -0.4 is 9.44 Å². The zero-order valence-electron chi connectivity index (χ0n) is 16.9. The summed E-state index contributed by atoms with van der Waals surface area (Å²) in [6.07, 6.45) is 7.26. The molecule has 0 aliphatic carbocycles. The molecule has 0 atom stereocenters. The lowest BCUT2D eigenvalue weighted by Gasteiger charge is -2.32. The van der Waals surface area contributed by atoms with Crippen molar-refractivity contribution in [1.82, 2.24) is 18.1 Å². The summed E-state index contributed by atoms with van der Waals surface area (Å²) in [5.41, 5.74) is 0. The molecule has 0 spiro atoms. The molecule has 164 valence electrons. The van der Waals surface area contributed by atoms with Crippen LogP contribution >= 0.6 is 0 Å². The fourth-order valence-corrected chi connectivity index (χ4v) is 6.35. The number of amides is 2. The van der Waals surface area contributed by atoms with Crippen molar-refractivity contribution in [2.45, 2.75) is 65.2 Å². The molecule has 0 saturated carbocycles. The van der Waals surface area contributed by atoms with Crippen LogP contribution in [-0.2, 0) is 20.4 Å². The number of nitrogens with zero attached hydrogens (tertiary/aromatic N) is 2. The molecule has 0 aromatic carbocycles. The predicted octanol–water partition coefficient (Wildman–Crippen LogP) is 1.80. The molecule has 11 heteroatoms. The van der Waals surface area contributed by atoms with Crippen LogP contribution in [0.2, 0.25) is 0 Å². The van der Waals surface area contributed by atoms with Gasteiger partial charge in [0.1, 0.15) is 0 Å². The Balaban J connectivity index is 1.85. The summed E-state index contributed by atoms with van der Waals surface area (Å²) in [7, 11) is -8.10. The minimum atomic E-state index is -4.05. The SMILES string of the molecule is CCCC1CCN(S(=O)(=O)NC(=O)NS(=O)(=O)N2CCC(CCC)CC2)CC1. The average molecular weight is 439 g/mol. The first-order valence-corrected chi connectivity index (χ1v) is 13.2. The van der Waals surface area contributed by atoms with Crippen LogP contribution in [0.1, 0.15) is 65.2 Å². The number of rotatable bonds is 8. The van der Waals surface area contributed by atoms with E-state index in [1.807, 2.05) is 9.44 Å². The van der Waals surface area contributed by atoms with Crippen LogP contribution in [-0.4, -0.2) is 57.7 Å². The van der Waals surface area contributed by atoms with E-state index in [4.69, 9.17) is 0 Å². The van der Waals surface area contributed by atoms with E-state index in [9.17, 15) is 21.6 Å². The molecule has 28 heavy (non-hydrogen) atoms. The first-order valence-electron chi connectivity index (χ1n) is 10.3. The minimum absolute atomic E-state index is 0.338. The first-order chi connectivity index (χ1) is 13.2. The molecule has 0 bridgehead atoms. The standard InChI is InChI=1S/C17H34N4O5S2/c1-3-5-15-7-11-20(12-8-15)27(23,24)18-17(22)19-28(25,26)21-13-9-16(6-4-2)10-14-21/h15-16H,3-14H2,1-2H3,(H2,18,19,22). The maximum atomic E-state index is 12.4. The molecule has 2 aliphatic heterocycles. The van der Waals surface area contributed by atoms with Gasteiger partial charge in [0, 0.05) is 26.2 Å². The normalized spacial score (nSPS) is 21.5. The van der Waals surface area contributed by atoms with Crippen molar-refractivity contribution >= 4 is 26.4 Å². The van der Waals surface area contributed by atoms with Crippen LogP contribution in [0.15, 0.2) is 0 Å². The summed E-state index contributed by atoms with van der Waals surface area (Å²) in [5, 5.41) is 0. The fourth-order valence-electron chi connectivity index (χ4n) is 4.08. The third-order valence-corrected chi connectivity index (χ3v) is 8.64. The Morgan fingerprint density at radius 1 is 0.750 bits per heavy atom. The van der Waals surface area contributed by atoms with E-state index in [0.717, 1.165) is 51.4 Å². The van der Waals surface area contributed by atoms with E-state index >= 15 is 0 Å². The summed E-state index contributed by atoms with van der Waals surface area (Å²) in [4.78, 5) is 12.1. The van der Waals surface area contributed by atoms with Gasteiger partial charge in [0.2, 0.25) is 0 Å². The maximum absolute atomic E-state index is 12.4. The van der Waals surface area contributed by atoms with Gasteiger partial charge in [0.05, 0.1) is 0 Å². The molecule has 2 amide bonds. The maximum Gasteiger partial charge on any atom is 0.344 e. The van der Waals surface area contributed by atoms with Crippen molar-refractivity contribution in [2.24, 2.45) is 11.8 Å². The Morgan fingerprint density at radius 3 is 1.36 bits per heavy atom.